The number of likely N-dealkylation sites (N-methyl/N-ethyl adjacent to an activating group) is 1. The van der Waals surface area contributed by atoms with E-state index in [0.717, 1.165) is 32.5 Å². The minimum absolute atomic E-state index is 0. The third-order valence-electron chi connectivity index (χ3n) is 5.55. The zero-order valence-electron chi connectivity index (χ0n) is 18.5. The normalized spacial score (nSPS) is 14.1. The van der Waals surface area contributed by atoms with Gasteiger partial charge >= 0.3 is 0 Å². The third kappa shape index (κ3) is 8.03. The summed E-state index contributed by atoms with van der Waals surface area (Å²) in [5.41, 5.74) is 1.19. The van der Waals surface area contributed by atoms with Gasteiger partial charge in [-0.3, -0.25) is 14.4 Å². The van der Waals surface area contributed by atoms with Crippen LogP contribution in [0.5, 0.6) is 5.75 Å². The number of halogens is 2. The van der Waals surface area contributed by atoms with Crippen molar-refractivity contribution >= 4 is 41.6 Å². The number of piperidine rings is 1. The van der Waals surface area contributed by atoms with Gasteiger partial charge in [-0.05, 0) is 68.4 Å². The van der Waals surface area contributed by atoms with Gasteiger partial charge in [0, 0.05) is 42.2 Å². The molecule has 2 N–H and O–H groups in total. The van der Waals surface area contributed by atoms with E-state index in [0.29, 0.717) is 28.4 Å². The Kier molecular flexibility index (Phi) is 10.6. The number of carbonyl (C=O) groups excluding carboxylic acids is 3. The van der Waals surface area contributed by atoms with E-state index >= 15 is 0 Å². The van der Waals surface area contributed by atoms with Gasteiger partial charge in [-0.1, -0.05) is 17.7 Å². The lowest BCUT2D eigenvalue weighted by molar-refractivity contribution is -0.122. The zero-order chi connectivity index (χ0) is 22.9. The molecule has 178 valence electrons. The number of ketones is 1. The lowest BCUT2D eigenvalue weighted by Crippen LogP contribution is -2.41. The lowest BCUT2D eigenvalue weighted by atomic mass is 9.89. The molecule has 2 aromatic carbocycles. The first-order valence-electron chi connectivity index (χ1n) is 10.7. The average Bonchev–Trinajstić information content (AvgIpc) is 2.83. The van der Waals surface area contributed by atoms with Crippen LogP contribution in [0.25, 0.3) is 0 Å². The minimum atomic E-state index is -0.238. The first kappa shape index (κ1) is 26.6. The molecule has 3 rings (SSSR count). The number of nitrogens with one attached hydrogen (secondary N) is 2. The Morgan fingerprint density at radius 2 is 1.76 bits per heavy atom. The summed E-state index contributed by atoms with van der Waals surface area (Å²) >= 11 is 5.90. The van der Waals surface area contributed by atoms with Crippen LogP contribution >= 0.6 is 24.0 Å². The Bertz CT molecular complexity index is 945. The molecule has 0 atom stereocenters. The highest BCUT2D eigenvalue weighted by Crippen LogP contribution is 2.22. The van der Waals surface area contributed by atoms with Gasteiger partial charge in [0.25, 0.3) is 11.8 Å². The molecule has 7 nitrogen and oxygen atoms in total. The van der Waals surface area contributed by atoms with Gasteiger partial charge in [0.1, 0.15) is 5.75 Å². The highest BCUT2D eigenvalue weighted by molar-refractivity contribution is 6.30. The van der Waals surface area contributed by atoms with Crippen molar-refractivity contribution < 1.29 is 19.1 Å². The van der Waals surface area contributed by atoms with Gasteiger partial charge in [-0.2, -0.15) is 0 Å². The Labute approximate surface area is 205 Å². The minimum Gasteiger partial charge on any atom is -0.484 e. The van der Waals surface area contributed by atoms with Crippen LogP contribution in [0, 0.1) is 5.92 Å². The molecule has 0 aliphatic carbocycles. The Morgan fingerprint density at radius 1 is 1.06 bits per heavy atom. The van der Waals surface area contributed by atoms with Gasteiger partial charge in [0.15, 0.2) is 12.4 Å². The molecule has 0 bridgehead atoms. The number of hydrogen-bond donors (Lipinski definition) is 2. The molecule has 9 heteroatoms. The molecule has 0 aromatic heterocycles. The first-order chi connectivity index (χ1) is 15.5. The fraction of sp³-hybridized carbons (Fsp3) is 0.375. The molecule has 1 heterocycles. The number of nitrogens with zero attached hydrogens (tertiary/aromatic N) is 1. The summed E-state index contributed by atoms with van der Waals surface area (Å²) < 4.78 is 5.38. The molecule has 0 unspecified atom stereocenters. The predicted molar refractivity (Wildman–Crippen MR) is 131 cm³/mol. The number of carbonyl (C=O) groups is 3. The quantitative estimate of drug-likeness (QED) is 0.523. The molecule has 1 aliphatic heterocycles. The fourth-order valence-corrected chi connectivity index (χ4v) is 3.77. The highest BCUT2D eigenvalue weighted by atomic mass is 35.5. The molecule has 33 heavy (non-hydrogen) atoms. The summed E-state index contributed by atoms with van der Waals surface area (Å²) in [6, 6.07) is 13.8. The van der Waals surface area contributed by atoms with Gasteiger partial charge in [-0.25, -0.2) is 0 Å². The second-order valence-electron chi connectivity index (χ2n) is 7.73. The molecular weight excluding hydrogens is 465 g/mol. The van der Waals surface area contributed by atoms with Crippen molar-refractivity contribution in [1.29, 1.82) is 0 Å². The van der Waals surface area contributed by atoms with E-state index in [4.69, 9.17) is 16.3 Å². The smallest absolute Gasteiger partial charge is 0.257 e. The van der Waals surface area contributed by atoms with Gasteiger partial charge in [-0.15, -0.1) is 12.4 Å². The number of Topliss-reactive ketones (excluding diaryl/α,β-unsaturated/α-hetero) is 1. The van der Waals surface area contributed by atoms with Crippen LogP contribution in [0.3, 0.4) is 0 Å². The van der Waals surface area contributed by atoms with Crippen molar-refractivity contribution in [3.05, 3.63) is 64.7 Å². The molecule has 1 saturated heterocycles. The van der Waals surface area contributed by atoms with Crippen LogP contribution in [-0.4, -0.2) is 62.3 Å². The van der Waals surface area contributed by atoms with Crippen molar-refractivity contribution in [2.24, 2.45) is 5.92 Å². The highest BCUT2D eigenvalue weighted by Gasteiger charge is 2.25. The largest absolute Gasteiger partial charge is 0.484 e. The summed E-state index contributed by atoms with van der Waals surface area (Å²) in [5, 5.41) is 6.03. The second kappa shape index (κ2) is 13.2. The standard InChI is InChI=1S/C24H28ClN3O4.ClH/c1-26-22(29)16-32-21-4-2-3-19(15-21)24(31)27-11-14-28-12-9-18(10-13-28)23(30)17-5-7-20(25)8-6-17;/h2-8,15,18H,9-14,16H2,1H3,(H,26,29)(H,27,31);1H. The SMILES string of the molecule is CNC(=O)COc1cccc(C(=O)NCCN2CCC(C(=O)c3ccc(Cl)cc3)CC2)c1.Cl. The average molecular weight is 494 g/mol. The number of amides is 2. The molecule has 0 saturated carbocycles. The van der Waals surface area contributed by atoms with Crippen LogP contribution in [-0.2, 0) is 4.79 Å². The van der Waals surface area contributed by atoms with Crippen LogP contribution in [0.4, 0.5) is 0 Å². The predicted octanol–water partition coefficient (Wildman–Crippen LogP) is 3.21. The second-order valence-corrected chi connectivity index (χ2v) is 8.17. The number of rotatable bonds is 9. The third-order valence-corrected chi connectivity index (χ3v) is 5.80. The number of ether oxygens (including phenoxy) is 1. The van der Waals surface area contributed by atoms with E-state index in [1.807, 2.05) is 0 Å². The Hall–Kier alpha value is -2.61. The number of hydrogen-bond acceptors (Lipinski definition) is 5. The van der Waals surface area contributed by atoms with E-state index in [2.05, 4.69) is 15.5 Å². The molecule has 2 amide bonds. The van der Waals surface area contributed by atoms with Crippen LogP contribution in [0.1, 0.15) is 33.6 Å². The Balaban J connectivity index is 0.00000385. The van der Waals surface area contributed by atoms with Crippen LogP contribution in [0.2, 0.25) is 5.02 Å². The van der Waals surface area contributed by atoms with E-state index in [-0.39, 0.29) is 42.5 Å². The number of likely N-dealkylation sites (tertiary alicyclic amines) is 1. The summed E-state index contributed by atoms with van der Waals surface area (Å²) in [5.74, 6) is 0.239. The molecule has 1 aliphatic rings. The van der Waals surface area contributed by atoms with Crippen molar-refractivity contribution in [2.75, 3.05) is 39.8 Å². The molecule has 2 aromatic rings. The van der Waals surface area contributed by atoms with Crippen molar-refractivity contribution in [2.45, 2.75) is 12.8 Å². The molecule has 0 spiro atoms. The van der Waals surface area contributed by atoms with E-state index < -0.39 is 0 Å². The van der Waals surface area contributed by atoms with Crippen molar-refractivity contribution in [3.8, 4) is 5.75 Å². The summed E-state index contributed by atoms with van der Waals surface area (Å²) in [7, 11) is 1.54. The van der Waals surface area contributed by atoms with Crippen molar-refractivity contribution in [3.63, 3.8) is 0 Å². The van der Waals surface area contributed by atoms with E-state index in [9.17, 15) is 14.4 Å². The van der Waals surface area contributed by atoms with Crippen LogP contribution in [0.15, 0.2) is 48.5 Å². The molecular formula is C24H29Cl2N3O4. The Morgan fingerprint density at radius 3 is 2.42 bits per heavy atom. The van der Waals surface area contributed by atoms with Gasteiger partial charge in [0.05, 0.1) is 0 Å². The summed E-state index contributed by atoms with van der Waals surface area (Å²) in [6.07, 6.45) is 1.61. The van der Waals surface area contributed by atoms with E-state index in [1.54, 1.807) is 48.5 Å². The zero-order valence-corrected chi connectivity index (χ0v) is 20.1. The van der Waals surface area contributed by atoms with Crippen LogP contribution < -0.4 is 15.4 Å². The maximum atomic E-state index is 12.7. The maximum Gasteiger partial charge on any atom is 0.257 e. The molecule has 0 radical (unpaired) electrons. The number of benzene rings is 2. The molecule has 1 fully saturated rings. The monoisotopic (exact) mass is 493 g/mol. The first-order valence-corrected chi connectivity index (χ1v) is 11.1. The summed E-state index contributed by atoms with van der Waals surface area (Å²) in [6.45, 7) is 2.78. The van der Waals surface area contributed by atoms with E-state index in [1.165, 1.54) is 7.05 Å². The topological polar surface area (TPSA) is 87.7 Å². The maximum absolute atomic E-state index is 12.7. The van der Waals surface area contributed by atoms with Gasteiger partial charge in [0.2, 0.25) is 0 Å². The van der Waals surface area contributed by atoms with Gasteiger partial charge < -0.3 is 20.3 Å². The fourth-order valence-electron chi connectivity index (χ4n) is 3.65. The van der Waals surface area contributed by atoms with Crippen molar-refractivity contribution in [1.82, 2.24) is 15.5 Å². The summed E-state index contributed by atoms with van der Waals surface area (Å²) in [4.78, 5) is 38.6. The lowest BCUT2D eigenvalue weighted by Gasteiger charge is -2.31.